The van der Waals surface area contributed by atoms with Gasteiger partial charge in [0.2, 0.25) is 0 Å². The highest BCUT2D eigenvalue weighted by molar-refractivity contribution is 6.13. The Labute approximate surface area is 151 Å². The van der Waals surface area contributed by atoms with Gasteiger partial charge in [0, 0.05) is 10.8 Å². The second-order valence-electron chi connectivity index (χ2n) is 6.76. The predicted octanol–water partition coefficient (Wildman–Crippen LogP) is 5.37. The summed E-state index contributed by atoms with van der Waals surface area (Å²) >= 11 is 0. The molecule has 0 radical (unpaired) electrons. The van der Waals surface area contributed by atoms with Gasteiger partial charge < -0.3 is 4.42 Å². The fraction of sp³-hybridized carbons (Fsp3) is 0.0400. The zero-order valence-corrected chi connectivity index (χ0v) is 14.6. The maximum Gasteiger partial charge on any atom is 0.136 e. The van der Waals surface area contributed by atoms with Crippen LogP contribution < -0.4 is 10.4 Å². The molecule has 0 spiro atoms. The number of hydrogen-bond donors (Lipinski definition) is 0. The van der Waals surface area contributed by atoms with E-state index < -0.39 is 0 Å². The molecular formula is C25H18O. The predicted molar refractivity (Wildman–Crippen MR) is 111 cm³/mol. The van der Waals surface area contributed by atoms with Gasteiger partial charge in [0.25, 0.3) is 0 Å². The van der Waals surface area contributed by atoms with Crippen LogP contribution in [0.3, 0.4) is 0 Å². The first-order valence-corrected chi connectivity index (χ1v) is 8.82. The van der Waals surface area contributed by atoms with Crippen molar-refractivity contribution in [3.05, 3.63) is 94.9 Å². The third kappa shape index (κ3) is 2.18. The summed E-state index contributed by atoms with van der Waals surface area (Å²) in [6, 6.07) is 27.4. The normalized spacial score (nSPS) is 12.8. The van der Waals surface area contributed by atoms with Crippen LogP contribution >= 0.6 is 0 Å². The average molecular weight is 334 g/mol. The largest absolute Gasteiger partial charge is 0.456 e. The number of hydrogen-bond acceptors (Lipinski definition) is 1. The molecule has 5 aromatic rings. The SMILES string of the molecule is C=c1cccc/c1=C(/C)c1cccc2oc3cc4ccccc4cc3c12. The fourth-order valence-electron chi connectivity index (χ4n) is 3.86. The van der Waals surface area contributed by atoms with Crippen molar-refractivity contribution < 1.29 is 4.42 Å². The van der Waals surface area contributed by atoms with Gasteiger partial charge in [-0.05, 0) is 57.5 Å². The van der Waals surface area contributed by atoms with Gasteiger partial charge in [-0.25, -0.2) is 0 Å². The number of benzene rings is 4. The van der Waals surface area contributed by atoms with Crippen LogP contribution in [0.2, 0.25) is 0 Å². The van der Waals surface area contributed by atoms with Gasteiger partial charge in [-0.2, -0.15) is 0 Å². The van der Waals surface area contributed by atoms with Crippen molar-refractivity contribution in [1.29, 1.82) is 0 Å². The Morgan fingerprint density at radius 3 is 2.31 bits per heavy atom. The van der Waals surface area contributed by atoms with Crippen molar-refractivity contribution in [1.82, 2.24) is 0 Å². The van der Waals surface area contributed by atoms with Crippen LogP contribution in [0.5, 0.6) is 0 Å². The van der Waals surface area contributed by atoms with Crippen molar-refractivity contribution in [3.8, 4) is 0 Å². The van der Waals surface area contributed by atoms with Crippen LogP contribution in [-0.2, 0) is 0 Å². The van der Waals surface area contributed by atoms with Gasteiger partial charge in [-0.15, -0.1) is 0 Å². The number of furan rings is 1. The van der Waals surface area contributed by atoms with Crippen LogP contribution in [0.1, 0.15) is 12.5 Å². The Kier molecular flexibility index (Phi) is 3.23. The molecule has 1 nitrogen and oxygen atoms in total. The highest BCUT2D eigenvalue weighted by atomic mass is 16.3. The Morgan fingerprint density at radius 2 is 1.50 bits per heavy atom. The minimum absolute atomic E-state index is 0.925. The topological polar surface area (TPSA) is 13.1 Å². The van der Waals surface area contributed by atoms with Crippen LogP contribution in [-0.4, -0.2) is 0 Å². The summed E-state index contributed by atoms with van der Waals surface area (Å²) in [5.74, 6) is 0. The first-order valence-electron chi connectivity index (χ1n) is 8.82. The third-order valence-corrected chi connectivity index (χ3v) is 5.19. The Balaban J connectivity index is 1.95. The zero-order chi connectivity index (χ0) is 17.7. The summed E-state index contributed by atoms with van der Waals surface area (Å²) in [4.78, 5) is 0. The Bertz CT molecular complexity index is 1400. The molecule has 0 N–H and O–H groups in total. The molecule has 5 rings (SSSR count). The second kappa shape index (κ2) is 5.60. The van der Waals surface area contributed by atoms with Crippen LogP contribution in [0.4, 0.5) is 0 Å². The molecular weight excluding hydrogens is 316 g/mol. The van der Waals surface area contributed by atoms with E-state index in [1.54, 1.807) is 0 Å². The molecule has 1 aromatic heterocycles. The lowest BCUT2D eigenvalue weighted by molar-refractivity contribution is 0.669. The highest BCUT2D eigenvalue weighted by Gasteiger charge is 2.13. The van der Waals surface area contributed by atoms with Crippen molar-refractivity contribution >= 4 is 44.9 Å². The van der Waals surface area contributed by atoms with Gasteiger partial charge in [0.15, 0.2) is 0 Å². The van der Waals surface area contributed by atoms with Gasteiger partial charge in [-0.1, -0.05) is 67.2 Å². The zero-order valence-electron chi connectivity index (χ0n) is 14.6. The summed E-state index contributed by atoms with van der Waals surface area (Å²) < 4.78 is 6.19. The van der Waals surface area contributed by atoms with Crippen LogP contribution in [0.25, 0.3) is 44.9 Å². The van der Waals surface area contributed by atoms with Crippen molar-refractivity contribution in [2.45, 2.75) is 6.92 Å². The maximum absolute atomic E-state index is 6.19. The van der Waals surface area contributed by atoms with Gasteiger partial charge in [-0.3, -0.25) is 0 Å². The summed E-state index contributed by atoms with van der Waals surface area (Å²) in [7, 11) is 0. The van der Waals surface area contributed by atoms with E-state index in [1.807, 2.05) is 12.1 Å². The van der Waals surface area contributed by atoms with E-state index >= 15 is 0 Å². The molecule has 0 fully saturated rings. The monoisotopic (exact) mass is 334 g/mol. The van der Waals surface area contributed by atoms with E-state index in [4.69, 9.17) is 4.42 Å². The Hall–Kier alpha value is -3.32. The molecule has 1 heterocycles. The molecule has 0 aliphatic heterocycles. The van der Waals surface area contributed by atoms with Crippen LogP contribution in [0.15, 0.2) is 83.3 Å². The molecule has 0 aliphatic carbocycles. The van der Waals surface area contributed by atoms with Gasteiger partial charge >= 0.3 is 0 Å². The molecule has 4 aromatic carbocycles. The van der Waals surface area contributed by atoms with E-state index in [0.717, 1.165) is 21.8 Å². The van der Waals surface area contributed by atoms with Gasteiger partial charge in [0.05, 0.1) is 0 Å². The minimum atomic E-state index is 0.925. The van der Waals surface area contributed by atoms with Crippen molar-refractivity contribution in [3.63, 3.8) is 0 Å². The summed E-state index contributed by atoms with van der Waals surface area (Å²) in [5.41, 5.74) is 4.28. The summed E-state index contributed by atoms with van der Waals surface area (Å²) in [6.07, 6.45) is 0. The third-order valence-electron chi connectivity index (χ3n) is 5.19. The van der Waals surface area contributed by atoms with E-state index in [9.17, 15) is 0 Å². The molecule has 0 saturated carbocycles. The minimum Gasteiger partial charge on any atom is -0.456 e. The molecule has 124 valence electrons. The lowest BCUT2D eigenvalue weighted by Gasteiger charge is -2.05. The lowest BCUT2D eigenvalue weighted by Crippen LogP contribution is -2.24. The molecule has 0 saturated heterocycles. The van der Waals surface area contributed by atoms with E-state index in [0.29, 0.717) is 0 Å². The lowest BCUT2D eigenvalue weighted by atomic mass is 9.97. The fourth-order valence-corrected chi connectivity index (χ4v) is 3.86. The second-order valence-corrected chi connectivity index (χ2v) is 6.76. The molecule has 1 heteroatoms. The number of rotatable bonds is 1. The smallest absolute Gasteiger partial charge is 0.136 e. The summed E-state index contributed by atoms with van der Waals surface area (Å²) in [6.45, 7) is 6.36. The molecule has 0 atom stereocenters. The highest BCUT2D eigenvalue weighted by Crippen LogP contribution is 2.35. The molecule has 0 aliphatic rings. The average Bonchev–Trinajstić information content (AvgIpc) is 3.03. The standard InChI is InChI=1S/C25H18O/c1-16-8-3-6-11-20(16)17(2)21-12-7-13-23-25(21)22-14-18-9-4-5-10-19(18)15-24(22)26-23/h3-15H,1H2,2H3/b20-17+. The molecule has 26 heavy (non-hydrogen) atoms. The quantitative estimate of drug-likeness (QED) is 0.402. The van der Waals surface area contributed by atoms with E-state index in [1.165, 1.54) is 32.5 Å². The van der Waals surface area contributed by atoms with E-state index in [2.05, 4.69) is 80.2 Å². The van der Waals surface area contributed by atoms with Crippen molar-refractivity contribution in [2.24, 2.45) is 0 Å². The number of fused-ring (bicyclic) bond motifs is 4. The van der Waals surface area contributed by atoms with Crippen molar-refractivity contribution in [2.75, 3.05) is 0 Å². The first kappa shape index (κ1) is 15.0. The van der Waals surface area contributed by atoms with Crippen LogP contribution in [0, 0.1) is 0 Å². The molecule has 0 bridgehead atoms. The summed E-state index contributed by atoms with van der Waals surface area (Å²) in [5, 5.41) is 6.98. The molecule has 0 amide bonds. The van der Waals surface area contributed by atoms with Gasteiger partial charge in [0.1, 0.15) is 11.2 Å². The molecule has 0 unspecified atom stereocenters. The first-order chi connectivity index (χ1) is 12.7. The maximum atomic E-state index is 6.19. The Morgan fingerprint density at radius 1 is 0.769 bits per heavy atom. The van der Waals surface area contributed by atoms with E-state index in [-0.39, 0.29) is 0 Å².